The van der Waals surface area contributed by atoms with Crippen LogP contribution in [-0.2, 0) is 11.3 Å². The molecule has 4 rings (SSSR count). The number of carbonyl (C=O) groups excluding carboxylic acids is 1. The van der Waals surface area contributed by atoms with Gasteiger partial charge in [0.15, 0.2) is 12.2 Å². The summed E-state index contributed by atoms with van der Waals surface area (Å²) in [7, 11) is 1.54. The van der Waals surface area contributed by atoms with E-state index in [9.17, 15) is 4.79 Å². The van der Waals surface area contributed by atoms with Crippen molar-refractivity contribution in [1.82, 2.24) is 15.0 Å². The zero-order chi connectivity index (χ0) is 23.2. The number of anilines is 1. The lowest BCUT2D eigenvalue weighted by Crippen LogP contribution is -2.34. The van der Waals surface area contributed by atoms with E-state index >= 15 is 0 Å². The third-order valence-corrected chi connectivity index (χ3v) is 5.16. The maximum atomic E-state index is 13.0. The van der Waals surface area contributed by atoms with Crippen LogP contribution in [0.4, 0.5) is 10.7 Å². The van der Waals surface area contributed by atoms with Crippen LogP contribution in [-0.4, -0.2) is 34.7 Å². The normalized spacial score (nSPS) is 11.0. The lowest BCUT2D eigenvalue weighted by atomic mass is 10.1. The van der Waals surface area contributed by atoms with Crippen LogP contribution in [0.1, 0.15) is 25.8 Å². The number of ether oxygens (including phenoxy) is 2. The monoisotopic (exact) mass is 446 g/mol. The number of oxazole rings is 1. The molecule has 0 aliphatic rings. The number of rotatable bonds is 8. The fourth-order valence-corrected chi connectivity index (χ4v) is 3.33. The number of fused-ring (bicyclic) bond motifs is 1. The summed E-state index contributed by atoms with van der Waals surface area (Å²) in [6.45, 7) is 4.79. The number of amides is 1. The third-order valence-electron chi connectivity index (χ3n) is 5.16. The Kier molecular flexibility index (Phi) is 6.83. The van der Waals surface area contributed by atoms with Crippen molar-refractivity contribution >= 4 is 22.9 Å². The van der Waals surface area contributed by atoms with Crippen molar-refractivity contribution in [2.24, 2.45) is 5.92 Å². The summed E-state index contributed by atoms with van der Waals surface area (Å²) < 4.78 is 16.5. The molecule has 2 aromatic heterocycles. The summed E-state index contributed by atoms with van der Waals surface area (Å²) in [5, 5.41) is 0.705. The lowest BCUT2D eigenvalue weighted by molar-refractivity contribution is 0.146. The van der Waals surface area contributed by atoms with E-state index in [4.69, 9.17) is 13.9 Å². The Hall–Kier alpha value is -3.94. The summed E-state index contributed by atoms with van der Waals surface area (Å²) in [6.07, 6.45) is 3.29. The SMILES string of the molecule is COc1nc(N(CCC(C)C)C(=O)OCc2ccccc2)nc2ccc(-c3cnco3)cc12. The topological polar surface area (TPSA) is 90.6 Å². The Morgan fingerprint density at radius 2 is 1.94 bits per heavy atom. The Balaban J connectivity index is 1.66. The molecule has 0 atom stereocenters. The standard InChI is InChI=1S/C25H26N4O4/c1-17(2)11-12-29(25(30)32-15-18-7-5-4-6-8-18)24-27-21-10-9-19(22-14-26-16-33-22)13-20(21)23(28-24)31-3/h4-10,13-14,16-17H,11-12,15H2,1-3H3. The van der Waals surface area contributed by atoms with Gasteiger partial charge in [0.05, 0.1) is 24.2 Å². The molecule has 0 saturated carbocycles. The van der Waals surface area contributed by atoms with Crippen LogP contribution in [0.3, 0.4) is 0 Å². The second kappa shape index (κ2) is 10.1. The summed E-state index contributed by atoms with van der Waals surface area (Å²) in [5.41, 5.74) is 2.38. The van der Waals surface area contributed by atoms with E-state index in [-0.39, 0.29) is 12.6 Å². The molecule has 0 radical (unpaired) electrons. The molecule has 0 spiro atoms. The fraction of sp³-hybridized carbons (Fsp3) is 0.280. The fourth-order valence-electron chi connectivity index (χ4n) is 3.33. The van der Waals surface area contributed by atoms with E-state index in [1.54, 1.807) is 13.3 Å². The van der Waals surface area contributed by atoms with Gasteiger partial charge in [-0.2, -0.15) is 4.98 Å². The number of benzene rings is 2. The number of aromatic nitrogens is 3. The van der Waals surface area contributed by atoms with Crippen molar-refractivity contribution in [1.29, 1.82) is 0 Å². The van der Waals surface area contributed by atoms with Gasteiger partial charge in [-0.25, -0.2) is 19.7 Å². The van der Waals surface area contributed by atoms with Gasteiger partial charge < -0.3 is 13.9 Å². The van der Waals surface area contributed by atoms with Crippen molar-refractivity contribution in [3.63, 3.8) is 0 Å². The Morgan fingerprint density at radius 3 is 2.64 bits per heavy atom. The first-order valence-electron chi connectivity index (χ1n) is 10.8. The molecular weight excluding hydrogens is 420 g/mol. The largest absolute Gasteiger partial charge is 0.480 e. The highest BCUT2D eigenvalue weighted by Crippen LogP contribution is 2.30. The average molecular weight is 447 g/mol. The highest BCUT2D eigenvalue weighted by atomic mass is 16.6. The van der Waals surface area contributed by atoms with Crippen molar-refractivity contribution < 1.29 is 18.7 Å². The molecule has 33 heavy (non-hydrogen) atoms. The van der Waals surface area contributed by atoms with E-state index in [1.807, 2.05) is 48.5 Å². The predicted octanol–water partition coefficient (Wildman–Crippen LogP) is 5.48. The molecule has 4 aromatic rings. The molecule has 0 aliphatic carbocycles. The van der Waals surface area contributed by atoms with E-state index in [2.05, 4.69) is 28.8 Å². The highest BCUT2D eigenvalue weighted by molar-refractivity contribution is 5.91. The smallest absolute Gasteiger partial charge is 0.417 e. The average Bonchev–Trinajstić information content (AvgIpc) is 3.37. The van der Waals surface area contributed by atoms with E-state index < -0.39 is 6.09 Å². The van der Waals surface area contributed by atoms with Crippen LogP contribution in [0.5, 0.6) is 5.88 Å². The molecule has 0 fully saturated rings. The van der Waals surface area contributed by atoms with Crippen molar-refractivity contribution in [3.8, 4) is 17.2 Å². The molecule has 2 heterocycles. The first kappa shape index (κ1) is 22.3. The van der Waals surface area contributed by atoms with Gasteiger partial charge >= 0.3 is 6.09 Å². The van der Waals surface area contributed by atoms with Crippen molar-refractivity contribution in [2.75, 3.05) is 18.6 Å². The van der Waals surface area contributed by atoms with Crippen molar-refractivity contribution in [3.05, 3.63) is 66.7 Å². The van der Waals surface area contributed by atoms with Gasteiger partial charge in [0.1, 0.15) is 6.61 Å². The van der Waals surface area contributed by atoms with Crippen LogP contribution >= 0.6 is 0 Å². The number of carbonyl (C=O) groups is 1. The van der Waals surface area contributed by atoms with Crippen LogP contribution < -0.4 is 9.64 Å². The Bertz CT molecular complexity index is 1210. The minimum absolute atomic E-state index is 0.170. The third kappa shape index (κ3) is 5.28. The van der Waals surface area contributed by atoms with Gasteiger partial charge in [-0.15, -0.1) is 0 Å². The second-order valence-electron chi connectivity index (χ2n) is 8.00. The maximum Gasteiger partial charge on any atom is 0.417 e. The lowest BCUT2D eigenvalue weighted by Gasteiger charge is -2.22. The van der Waals surface area contributed by atoms with Gasteiger partial charge in [-0.3, -0.25) is 0 Å². The van der Waals surface area contributed by atoms with Crippen LogP contribution in [0, 0.1) is 5.92 Å². The molecular formula is C25H26N4O4. The molecule has 8 nitrogen and oxygen atoms in total. The Labute approximate surface area is 192 Å². The summed E-state index contributed by atoms with van der Waals surface area (Å²) in [4.78, 5) is 27.7. The minimum Gasteiger partial charge on any atom is -0.480 e. The summed E-state index contributed by atoms with van der Waals surface area (Å²) >= 11 is 0. The molecule has 0 aliphatic heterocycles. The van der Waals surface area contributed by atoms with E-state index in [0.717, 1.165) is 17.5 Å². The number of methoxy groups -OCH3 is 1. The molecule has 1 amide bonds. The number of hydrogen-bond acceptors (Lipinski definition) is 7. The van der Waals surface area contributed by atoms with Gasteiger partial charge in [-0.1, -0.05) is 44.2 Å². The van der Waals surface area contributed by atoms with Gasteiger partial charge in [-0.05, 0) is 36.1 Å². The molecule has 0 N–H and O–H groups in total. The Morgan fingerprint density at radius 1 is 1.12 bits per heavy atom. The number of hydrogen-bond donors (Lipinski definition) is 0. The molecule has 0 saturated heterocycles. The summed E-state index contributed by atoms with van der Waals surface area (Å²) in [6, 6.07) is 15.2. The minimum atomic E-state index is -0.501. The van der Waals surface area contributed by atoms with E-state index in [1.165, 1.54) is 11.3 Å². The molecule has 2 aromatic carbocycles. The zero-order valence-corrected chi connectivity index (χ0v) is 18.9. The first-order chi connectivity index (χ1) is 16.0. The molecule has 170 valence electrons. The van der Waals surface area contributed by atoms with Crippen LogP contribution in [0.25, 0.3) is 22.2 Å². The molecule has 0 bridgehead atoms. The quantitative estimate of drug-likeness (QED) is 0.354. The highest BCUT2D eigenvalue weighted by Gasteiger charge is 2.23. The van der Waals surface area contributed by atoms with Crippen LogP contribution in [0.2, 0.25) is 0 Å². The molecule has 8 heteroatoms. The van der Waals surface area contributed by atoms with Gasteiger partial charge in [0.2, 0.25) is 11.8 Å². The summed E-state index contributed by atoms with van der Waals surface area (Å²) in [5.74, 6) is 1.62. The van der Waals surface area contributed by atoms with E-state index in [0.29, 0.717) is 35.0 Å². The first-order valence-corrected chi connectivity index (χ1v) is 10.8. The molecule has 0 unspecified atom stereocenters. The zero-order valence-electron chi connectivity index (χ0n) is 18.9. The van der Waals surface area contributed by atoms with Gasteiger partial charge in [0, 0.05) is 12.1 Å². The number of nitrogens with zero attached hydrogens (tertiary/aromatic N) is 4. The predicted molar refractivity (Wildman–Crippen MR) is 125 cm³/mol. The van der Waals surface area contributed by atoms with Gasteiger partial charge in [0.25, 0.3) is 0 Å². The van der Waals surface area contributed by atoms with Crippen LogP contribution in [0.15, 0.2) is 65.5 Å². The second-order valence-corrected chi connectivity index (χ2v) is 8.00. The maximum absolute atomic E-state index is 13.0. The van der Waals surface area contributed by atoms with Crippen molar-refractivity contribution in [2.45, 2.75) is 26.9 Å².